The third-order valence-corrected chi connectivity index (χ3v) is 4.09. The van der Waals surface area contributed by atoms with Gasteiger partial charge >= 0.3 is 0 Å². The molecule has 2 rings (SSSR count). The highest BCUT2D eigenvalue weighted by molar-refractivity contribution is 14.1. The fourth-order valence-corrected chi connectivity index (χ4v) is 2.81. The summed E-state index contributed by atoms with van der Waals surface area (Å²) in [6.07, 6.45) is 1.71. The summed E-state index contributed by atoms with van der Waals surface area (Å²) in [5, 5.41) is 0. The van der Waals surface area contributed by atoms with Gasteiger partial charge in [-0.15, -0.1) is 0 Å². The number of aromatic amines is 1. The highest BCUT2D eigenvalue weighted by Gasteiger charge is 2.04. The lowest BCUT2D eigenvalue weighted by atomic mass is 10.3. The Kier molecular flexibility index (Phi) is 3.81. The number of aryl methyl sites for hydroxylation is 1. The normalized spacial score (nSPS) is 13.1. The van der Waals surface area contributed by atoms with Crippen LogP contribution >= 0.6 is 34.8 Å². The number of hydrogen-bond acceptors (Lipinski definition) is 2. The molecule has 0 spiro atoms. The van der Waals surface area contributed by atoms with Crippen LogP contribution in [0.3, 0.4) is 0 Å². The van der Waals surface area contributed by atoms with Gasteiger partial charge in [0.25, 0.3) is 0 Å². The van der Waals surface area contributed by atoms with Gasteiger partial charge in [0.2, 0.25) is 0 Å². The number of rotatable bonds is 3. The number of benzene rings is 1. The van der Waals surface area contributed by atoms with Gasteiger partial charge in [0.1, 0.15) is 0 Å². The largest absolute Gasteiger partial charge is 0.331 e. The number of nitrogens with zero attached hydrogens (tertiary/aromatic N) is 1. The van der Waals surface area contributed by atoms with E-state index >= 15 is 0 Å². The summed E-state index contributed by atoms with van der Waals surface area (Å²) in [4.78, 5) is 3.17. The summed E-state index contributed by atoms with van der Waals surface area (Å²) in [7, 11) is -0.788. The van der Waals surface area contributed by atoms with Crippen molar-refractivity contribution in [3.63, 3.8) is 0 Å². The maximum absolute atomic E-state index is 11.1. The van der Waals surface area contributed by atoms with E-state index in [1.54, 1.807) is 6.26 Å². The quantitative estimate of drug-likeness (QED) is 0.670. The minimum atomic E-state index is -0.788. The van der Waals surface area contributed by atoms with Crippen molar-refractivity contribution in [3.8, 4) is 0 Å². The molecule has 1 unspecified atom stereocenters. The number of aromatic nitrogens is 2. The SMILES string of the molecule is CS(=O)CCn1c(=S)[nH]c2cc(I)ccc21. The van der Waals surface area contributed by atoms with Crippen molar-refractivity contribution in [1.29, 1.82) is 0 Å². The number of fused-ring (bicyclic) bond motifs is 1. The molecule has 16 heavy (non-hydrogen) atoms. The van der Waals surface area contributed by atoms with Crippen LogP contribution in [-0.2, 0) is 17.3 Å². The zero-order valence-electron chi connectivity index (χ0n) is 8.70. The molecule has 0 bridgehead atoms. The van der Waals surface area contributed by atoms with Crippen LogP contribution in [0.1, 0.15) is 0 Å². The molecule has 1 heterocycles. The summed E-state index contributed by atoms with van der Waals surface area (Å²) < 4.78 is 15.0. The number of nitrogens with one attached hydrogen (secondary N) is 1. The van der Waals surface area contributed by atoms with Gasteiger partial charge in [0.05, 0.1) is 11.0 Å². The molecule has 0 saturated heterocycles. The Hall–Kier alpha value is -0.210. The van der Waals surface area contributed by atoms with E-state index in [9.17, 15) is 4.21 Å². The van der Waals surface area contributed by atoms with E-state index in [-0.39, 0.29) is 0 Å². The van der Waals surface area contributed by atoms with Gasteiger partial charge in [-0.1, -0.05) is 0 Å². The molecule has 1 aromatic heterocycles. The molecule has 1 N–H and O–H groups in total. The van der Waals surface area contributed by atoms with Gasteiger partial charge in [-0.05, 0) is 53.0 Å². The smallest absolute Gasteiger partial charge is 0.178 e. The molecule has 0 saturated carbocycles. The summed E-state index contributed by atoms with van der Waals surface area (Å²) in [5.41, 5.74) is 2.12. The molecule has 1 aromatic carbocycles. The van der Waals surface area contributed by atoms with Crippen LogP contribution in [0.4, 0.5) is 0 Å². The highest BCUT2D eigenvalue weighted by atomic mass is 127. The maximum atomic E-state index is 11.1. The average Bonchev–Trinajstić information content (AvgIpc) is 2.50. The van der Waals surface area contributed by atoms with E-state index in [0.29, 0.717) is 17.1 Å². The fourth-order valence-electron chi connectivity index (χ4n) is 1.58. The molecule has 1 atom stereocenters. The number of H-pyrrole nitrogens is 1. The Labute approximate surface area is 115 Å². The van der Waals surface area contributed by atoms with Crippen LogP contribution in [0, 0.1) is 8.34 Å². The molecule has 0 radical (unpaired) electrons. The third-order valence-electron chi connectivity index (χ3n) is 2.34. The molecule has 3 nitrogen and oxygen atoms in total. The van der Waals surface area contributed by atoms with E-state index in [0.717, 1.165) is 11.0 Å². The van der Waals surface area contributed by atoms with Crippen LogP contribution in [0.5, 0.6) is 0 Å². The van der Waals surface area contributed by atoms with E-state index < -0.39 is 10.8 Å². The second kappa shape index (κ2) is 4.97. The fraction of sp³-hybridized carbons (Fsp3) is 0.300. The number of halogens is 1. The molecule has 0 aliphatic rings. The molecule has 0 fully saturated rings. The Bertz CT molecular complexity index is 602. The third kappa shape index (κ3) is 2.54. The minimum absolute atomic E-state index is 0.632. The molecule has 0 aliphatic carbocycles. The van der Waals surface area contributed by atoms with Crippen molar-refractivity contribution in [3.05, 3.63) is 26.5 Å². The van der Waals surface area contributed by atoms with Crippen LogP contribution in [0.25, 0.3) is 11.0 Å². The van der Waals surface area contributed by atoms with Crippen molar-refractivity contribution >= 4 is 56.6 Å². The van der Waals surface area contributed by atoms with Gasteiger partial charge in [-0.3, -0.25) is 4.21 Å². The van der Waals surface area contributed by atoms with Gasteiger partial charge < -0.3 is 9.55 Å². The molecule has 6 heteroatoms. The molecule has 0 amide bonds. The second-order valence-electron chi connectivity index (χ2n) is 3.52. The molecular weight excluding hydrogens is 355 g/mol. The van der Waals surface area contributed by atoms with Crippen molar-refractivity contribution < 1.29 is 4.21 Å². The zero-order chi connectivity index (χ0) is 11.7. The minimum Gasteiger partial charge on any atom is -0.331 e. The summed E-state index contributed by atoms with van der Waals surface area (Å²) in [6.45, 7) is 0.697. The Balaban J connectivity index is 2.48. The highest BCUT2D eigenvalue weighted by Crippen LogP contribution is 2.17. The number of hydrogen-bond donors (Lipinski definition) is 1. The van der Waals surface area contributed by atoms with Crippen LogP contribution in [0.2, 0.25) is 0 Å². The van der Waals surface area contributed by atoms with Gasteiger partial charge in [-0.2, -0.15) is 0 Å². The van der Waals surface area contributed by atoms with Crippen molar-refractivity contribution in [2.75, 3.05) is 12.0 Å². The average molecular weight is 366 g/mol. The zero-order valence-corrected chi connectivity index (χ0v) is 12.5. The van der Waals surface area contributed by atoms with Crippen molar-refractivity contribution in [2.45, 2.75) is 6.54 Å². The lowest BCUT2D eigenvalue weighted by Crippen LogP contribution is -2.06. The lowest BCUT2D eigenvalue weighted by Gasteiger charge is -2.02. The predicted octanol–water partition coefficient (Wildman–Crippen LogP) is 2.68. The topological polar surface area (TPSA) is 37.8 Å². The second-order valence-corrected chi connectivity index (χ2v) is 6.71. The Morgan fingerprint density at radius 3 is 3.00 bits per heavy atom. The summed E-state index contributed by atoms with van der Waals surface area (Å²) in [5.74, 6) is 0.632. The number of imidazole rings is 1. The van der Waals surface area contributed by atoms with Gasteiger partial charge in [0.15, 0.2) is 4.77 Å². The molecule has 86 valence electrons. The molecule has 2 aromatic rings. The first-order valence-electron chi connectivity index (χ1n) is 4.76. The first-order valence-corrected chi connectivity index (χ1v) is 7.97. The van der Waals surface area contributed by atoms with Gasteiger partial charge in [0, 0.05) is 32.9 Å². The van der Waals surface area contributed by atoms with Crippen molar-refractivity contribution in [1.82, 2.24) is 9.55 Å². The van der Waals surface area contributed by atoms with Crippen LogP contribution < -0.4 is 0 Å². The van der Waals surface area contributed by atoms with E-state index in [2.05, 4.69) is 33.6 Å². The lowest BCUT2D eigenvalue weighted by molar-refractivity contribution is 0.678. The van der Waals surface area contributed by atoms with E-state index in [1.165, 1.54) is 3.57 Å². The summed E-state index contributed by atoms with van der Waals surface area (Å²) in [6, 6.07) is 6.15. The molecule has 0 aliphatic heterocycles. The standard InChI is InChI=1S/C10H11IN2OS2/c1-16(14)5-4-13-9-3-2-7(11)6-8(9)12-10(13)15/h2-3,6H,4-5H2,1H3,(H,12,15). The van der Waals surface area contributed by atoms with Crippen LogP contribution in [-0.4, -0.2) is 25.8 Å². The first-order chi connectivity index (χ1) is 7.58. The van der Waals surface area contributed by atoms with E-state index in [4.69, 9.17) is 12.2 Å². The van der Waals surface area contributed by atoms with Crippen molar-refractivity contribution in [2.24, 2.45) is 0 Å². The van der Waals surface area contributed by atoms with E-state index in [1.807, 2.05) is 16.7 Å². The maximum Gasteiger partial charge on any atom is 0.178 e. The Morgan fingerprint density at radius 1 is 1.56 bits per heavy atom. The Morgan fingerprint density at radius 2 is 2.31 bits per heavy atom. The van der Waals surface area contributed by atoms with Gasteiger partial charge in [-0.25, -0.2) is 0 Å². The first kappa shape index (κ1) is 12.3. The van der Waals surface area contributed by atoms with Crippen LogP contribution in [0.15, 0.2) is 18.2 Å². The molecular formula is C10H11IN2OS2. The monoisotopic (exact) mass is 366 g/mol. The summed E-state index contributed by atoms with van der Waals surface area (Å²) >= 11 is 7.52. The predicted molar refractivity (Wildman–Crippen MR) is 78.8 cm³/mol.